The Morgan fingerprint density at radius 1 is 1.18 bits per heavy atom. The van der Waals surface area contributed by atoms with Gasteiger partial charge in [0.1, 0.15) is 0 Å². The summed E-state index contributed by atoms with van der Waals surface area (Å²) in [7, 11) is 1.90. The van der Waals surface area contributed by atoms with Gasteiger partial charge in [-0.1, -0.05) is 47.0 Å². The molecule has 0 aliphatic heterocycles. The predicted molar refractivity (Wildman–Crippen MR) is 74.4 cm³/mol. The lowest BCUT2D eigenvalue weighted by molar-refractivity contribution is -0.0931. The quantitative estimate of drug-likeness (QED) is 0.791. The van der Waals surface area contributed by atoms with E-state index in [0.29, 0.717) is 6.04 Å². The highest BCUT2D eigenvalue weighted by atomic mass is 16.5. The van der Waals surface area contributed by atoms with Gasteiger partial charge < -0.3 is 10.1 Å². The average molecular weight is 241 g/mol. The minimum absolute atomic E-state index is 0.0612. The molecule has 1 aliphatic carbocycles. The second kappa shape index (κ2) is 6.19. The van der Waals surface area contributed by atoms with Crippen LogP contribution in [0.2, 0.25) is 0 Å². The van der Waals surface area contributed by atoms with Crippen molar-refractivity contribution in [2.24, 2.45) is 5.41 Å². The van der Waals surface area contributed by atoms with Crippen LogP contribution in [0.1, 0.15) is 66.2 Å². The number of methoxy groups -OCH3 is 1. The van der Waals surface area contributed by atoms with E-state index in [4.69, 9.17) is 4.74 Å². The van der Waals surface area contributed by atoms with Crippen molar-refractivity contribution in [1.29, 1.82) is 0 Å². The van der Waals surface area contributed by atoms with Crippen LogP contribution in [0, 0.1) is 5.41 Å². The lowest BCUT2D eigenvalue weighted by atomic mass is 9.69. The molecule has 0 aromatic carbocycles. The number of nitrogens with one attached hydrogen (secondary N) is 1. The van der Waals surface area contributed by atoms with E-state index in [1.165, 1.54) is 38.5 Å². The molecule has 17 heavy (non-hydrogen) atoms. The highest BCUT2D eigenvalue weighted by Crippen LogP contribution is 2.40. The Morgan fingerprint density at radius 2 is 1.76 bits per heavy atom. The van der Waals surface area contributed by atoms with Gasteiger partial charge in [0, 0.05) is 13.2 Å². The summed E-state index contributed by atoms with van der Waals surface area (Å²) in [6.45, 7) is 10.3. The standard InChI is InChI=1S/C15H31NO/c1-6-12-16-13(14(2,3)4)15(17-5)10-8-7-9-11-15/h13,16H,6-12H2,1-5H3. The number of hydrogen-bond acceptors (Lipinski definition) is 2. The number of rotatable bonds is 5. The topological polar surface area (TPSA) is 21.3 Å². The highest BCUT2D eigenvalue weighted by Gasteiger charge is 2.45. The summed E-state index contributed by atoms with van der Waals surface area (Å²) in [5, 5.41) is 3.75. The van der Waals surface area contributed by atoms with Gasteiger partial charge in [-0.25, -0.2) is 0 Å². The van der Waals surface area contributed by atoms with Gasteiger partial charge in [-0.3, -0.25) is 0 Å². The zero-order chi connectivity index (χ0) is 12.9. The number of hydrogen-bond donors (Lipinski definition) is 1. The Balaban J connectivity index is 2.84. The van der Waals surface area contributed by atoms with Gasteiger partial charge in [-0.05, 0) is 31.2 Å². The van der Waals surface area contributed by atoms with Crippen molar-refractivity contribution in [1.82, 2.24) is 5.32 Å². The first-order valence-corrected chi connectivity index (χ1v) is 7.25. The van der Waals surface area contributed by atoms with Crippen LogP contribution in [0.5, 0.6) is 0 Å². The molecule has 0 amide bonds. The van der Waals surface area contributed by atoms with Crippen LogP contribution in [0.15, 0.2) is 0 Å². The molecule has 1 rings (SSSR count). The third-order valence-corrected chi connectivity index (χ3v) is 4.10. The zero-order valence-corrected chi connectivity index (χ0v) is 12.4. The molecular weight excluding hydrogens is 210 g/mol. The summed E-state index contributed by atoms with van der Waals surface area (Å²) in [6.07, 6.45) is 7.61. The predicted octanol–water partition coefficient (Wildman–Crippen LogP) is 3.75. The Morgan fingerprint density at radius 3 is 2.18 bits per heavy atom. The summed E-state index contributed by atoms with van der Waals surface area (Å²) in [5.41, 5.74) is 0.314. The first-order valence-electron chi connectivity index (χ1n) is 7.25. The lowest BCUT2D eigenvalue weighted by Crippen LogP contribution is -2.59. The molecule has 0 aromatic rings. The molecule has 0 bridgehead atoms. The van der Waals surface area contributed by atoms with Crippen LogP contribution in [0.4, 0.5) is 0 Å². The van der Waals surface area contributed by atoms with Gasteiger partial charge >= 0.3 is 0 Å². The Kier molecular flexibility index (Phi) is 5.46. The maximum absolute atomic E-state index is 6.00. The van der Waals surface area contributed by atoms with E-state index in [1.54, 1.807) is 0 Å². The molecule has 0 heterocycles. The molecule has 2 nitrogen and oxygen atoms in total. The zero-order valence-electron chi connectivity index (χ0n) is 12.4. The minimum Gasteiger partial charge on any atom is -0.377 e. The van der Waals surface area contributed by atoms with Gasteiger partial charge in [0.05, 0.1) is 5.60 Å². The molecule has 2 heteroatoms. The second-order valence-corrected chi connectivity index (χ2v) is 6.58. The van der Waals surface area contributed by atoms with Crippen molar-refractivity contribution >= 4 is 0 Å². The van der Waals surface area contributed by atoms with Crippen LogP contribution in [-0.2, 0) is 4.74 Å². The van der Waals surface area contributed by atoms with E-state index in [9.17, 15) is 0 Å². The summed E-state index contributed by atoms with van der Waals surface area (Å²) < 4.78 is 6.00. The van der Waals surface area contributed by atoms with Crippen molar-refractivity contribution in [2.45, 2.75) is 77.9 Å². The molecule has 102 valence electrons. The molecular formula is C15H31NO. The van der Waals surface area contributed by atoms with E-state index in [0.717, 1.165) is 6.54 Å². The molecule has 0 radical (unpaired) electrons. The third kappa shape index (κ3) is 3.69. The van der Waals surface area contributed by atoms with Crippen LogP contribution in [0.25, 0.3) is 0 Å². The minimum atomic E-state index is 0.0612. The molecule has 1 unspecified atom stereocenters. The summed E-state index contributed by atoms with van der Waals surface area (Å²) in [6, 6.07) is 0.459. The molecule has 1 atom stereocenters. The average Bonchev–Trinajstić information content (AvgIpc) is 2.29. The van der Waals surface area contributed by atoms with Crippen molar-refractivity contribution < 1.29 is 4.74 Å². The SMILES string of the molecule is CCCNC(C(C)(C)C)C1(OC)CCCCC1. The third-order valence-electron chi connectivity index (χ3n) is 4.10. The van der Waals surface area contributed by atoms with E-state index in [2.05, 4.69) is 33.0 Å². The van der Waals surface area contributed by atoms with E-state index >= 15 is 0 Å². The van der Waals surface area contributed by atoms with Gasteiger partial charge in [-0.2, -0.15) is 0 Å². The summed E-state index contributed by atoms with van der Waals surface area (Å²) in [4.78, 5) is 0. The van der Waals surface area contributed by atoms with Crippen molar-refractivity contribution in [3.63, 3.8) is 0 Å². The fourth-order valence-corrected chi connectivity index (χ4v) is 3.33. The molecule has 0 saturated heterocycles. The van der Waals surface area contributed by atoms with Crippen molar-refractivity contribution in [3.8, 4) is 0 Å². The van der Waals surface area contributed by atoms with Crippen LogP contribution in [-0.4, -0.2) is 25.3 Å². The normalized spacial score (nSPS) is 22.4. The maximum Gasteiger partial charge on any atom is 0.0836 e. The Hall–Kier alpha value is -0.0800. The van der Waals surface area contributed by atoms with E-state index < -0.39 is 0 Å². The Labute approximate surface area is 108 Å². The number of ether oxygens (including phenoxy) is 1. The summed E-state index contributed by atoms with van der Waals surface area (Å²) >= 11 is 0. The van der Waals surface area contributed by atoms with Gasteiger partial charge in [-0.15, -0.1) is 0 Å². The fourth-order valence-electron chi connectivity index (χ4n) is 3.33. The molecule has 1 N–H and O–H groups in total. The maximum atomic E-state index is 6.00. The van der Waals surface area contributed by atoms with Crippen LogP contribution >= 0.6 is 0 Å². The smallest absolute Gasteiger partial charge is 0.0836 e. The van der Waals surface area contributed by atoms with Crippen LogP contribution < -0.4 is 5.32 Å². The monoisotopic (exact) mass is 241 g/mol. The van der Waals surface area contributed by atoms with Crippen molar-refractivity contribution in [3.05, 3.63) is 0 Å². The fraction of sp³-hybridized carbons (Fsp3) is 1.00. The molecule has 0 spiro atoms. The first kappa shape index (κ1) is 15.0. The highest BCUT2D eigenvalue weighted by molar-refractivity contribution is 5.00. The molecule has 1 saturated carbocycles. The molecule has 0 aromatic heterocycles. The van der Waals surface area contributed by atoms with Gasteiger partial charge in [0.25, 0.3) is 0 Å². The van der Waals surface area contributed by atoms with Gasteiger partial charge in [0.15, 0.2) is 0 Å². The second-order valence-electron chi connectivity index (χ2n) is 6.58. The largest absolute Gasteiger partial charge is 0.377 e. The summed E-state index contributed by atoms with van der Waals surface area (Å²) in [5.74, 6) is 0. The first-order chi connectivity index (χ1) is 7.96. The molecule has 1 aliphatic rings. The molecule has 1 fully saturated rings. The van der Waals surface area contributed by atoms with Crippen LogP contribution in [0.3, 0.4) is 0 Å². The lowest BCUT2D eigenvalue weighted by Gasteiger charge is -2.48. The van der Waals surface area contributed by atoms with E-state index in [1.807, 2.05) is 7.11 Å². The van der Waals surface area contributed by atoms with Gasteiger partial charge in [0.2, 0.25) is 0 Å². The van der Waals surface area contributed by atoms with E-state index in [-0.39, 0.29) is 11.0 Å². The van der Waals surface area contributed by atoms with Crippen molar-refractivity contribution in [2.75, 3.05) is 13.7 Å². The Bertz CT molecular complexity index is 213.